The van der Waals surface area contributed by atoms with Crippen molar-refractivity contribution in [2.75, 3.05) is 39.5 Å². The highest BCUT2D eigenvalue weighted by Gasteiger charge is 2.24. The van der Waals surface area contributed by atoms with E-state index in [1.807, 2.05) is 0 Å². The highest BCUT2D eigenvalue weighted by Crippen LogP contribution is 2.23. The Labute approximate surface area is 123 Å². The molecular weight excluding hydrogens is 268 g/mol. The van der Waals surface area contributed by atoms with Gasteiger partial charge in [-0.25, -0.2) is 0 Å². The highest BCUT2D eigenvalue weighted by atomic mass is 16.5. The first-order chi connectivity index (χ1) is 10.1. The largest absolute Gasteiger partial charge is 0.397 e. The van der Waals surface area contributed by atoms with Gasteiger partial charge in [-0.05, 0) is 20.2 Å². The van der Waals surface area contributed by atoms with Gasteiger partial charge < -0.3 is 20.1 Å². The maximum atomic E-state index is 5.88. The summed E-state index contributed by atoms with van der Waals surface area (Å²) in [5.41, 5.74) is 7.16. The van der Waals surface area contributed by atoms with Crippen molar-refractivity contribution >= 4 is 5.69 Å². The first-order valence-corrected chi connectivity index (χ1v) is 7.04. The molecule has 1 unspecified atom stereocenters. The molecule has 0 spiro atoms. The molecule has 1 aliphatic heterocycles. The number of hydrogen-bond donors (Lipinski definition) is 1. The van der Waals surface area contributed by atoms with Gasteiger partial charge in [-0.2, -0.15) is 4.98 Å². The number of aromatic nitrogens is 3. The van der Waals surface area contributed by atoms with Gasteiger partial charge in [0.05, 0.1) is 17.4 Å². The lowest BCUT2D eigenvalue weighted by atomic mass is 10.1. The Hall–Kier alpha value is -1.99. The Balaban J connectivity index is 1.75. The minimum atomic E-state index is 0.406. The average Bonchev–Trinajstić information content (AvgIpc) is 2.92. The summed E-state index contributed by atoms with van der Waals surface area (Å²) in [6.07, 6.45) is 4.03. The molecule has 0 amide bonds. The van der Waals surface area contributed by atoms with E-state index in [1.165, 1.54) is 0 Å². The van der Waals surface area contributed by atoms with E-state index in [4.69, 9.17) is 10.3 Å². The predicted molar refractivity (Wildman–Crippen MR) is 79.6 cm³/mol. The van der Waals surface area contributed by atoms with E-state index in [0.29, 0.717) is 23.4 Å². The van der Waals surface area contributed by atoms with Crippen LogP contribution in [0.2, 0.25) is 0 Å². The van der Waals surface area contributed by atoms with Gasteiger partial charge in [0.1, 0.15) is 0 Å². The molecule has 112 valence electrons. The number of piperazine rings is 1. The number of anilines is 1. The van der Waals surface area contributed by atoms with Crippen LogP contribution in [-0.4, -0.2) is 64.7 Å². The van der Waals surface area contributed by atoms with Crippen LogP contribution < -0.4 is 5.73 Å². The van der Waals surface area contributed by atoms with Crippen LogP contribution in [0.1, 0.15) is 5.82 Å². The minimum Gasteiger partial charge on any atom is -0.397 e. The topological polar surface area (TPSA) is 84.3 Å². The maximum Gasteiger partial charge on any atom is 0.260 e. The van der Waals surface area contributed by atoms with Crippen LogP contribution in [0.5, 0.6) is 0 Å². The van der Waals surface area contributed by atoms with E-state index in [9.17, 15) is 0 Å². The van der Waals surface area contributed by atoms with Crippen molar-refractivity contribution in [2.45, 2.75) is 12.5 Å². The Kier molecular flexibility index (Phi) is 3.85. The van der Waals surface area contributed by atoms with Crippen molar-refractivity contribution in [3.8, 4) is 11.5 Å². The lowest BCUT2D eigenvalue weighted by Gasteiger charge is -2.37. The molecule has 2 aromatic rings. The van der Waals surface area contributed by atoms with Gasteiger partial charge >= 0.3 is 0 Å². The van der Waals surface area contributed by atoms with E-state index in [2.05, 4.69) is 39.0 Å². The van der Waals surface area contributed by atoms with Crippen molar-refractivity contribution in [2.24, 2.45) is 0 Å². The zero-order valence-corrected chi connectivity index (χ0v) is 12.4. The van der Waals surface area contributed by atoms with Crippen molar-refractivity contribution in [3.63, 3.8) is 0 Å². The van der Waals surface area contributed by atoms with Gasteiger partial charge in [0.2, 0.25) is 0 Å². The first-order valence-electron chi connectivity index (χ1n) is 7.04. The molecule has 2 N–H and O–H groups in total. The first kappa shape index (κ1) is 14.0. The summed E-state index contributed by atoms with van der Waals surface area (Å²) in [6.45, 7) is 3.17. The van der Waals surface area contributed by atoms with Crippen LogP contribution in [-0.2, 0) is 6.42 Å². The van der Waals surface area contributed by atoms with Crippen LogP contribution in [0, 0.1) is 0 Å². The summed E-state index contributed by atoms with van der Waals surface area (Å²) in [5.74, 6) is 1.17. The second-order valence-electron chi connectivity index (χ2n) is 5.58. The van der Waals surface area contributed by atoms with Gasteiger partial charge in [0.25, 0.3) is 5.89 Å². The molecule has 3 heterocycles. The van der Waals surface area contributed by atoms with Crippen LogP contribution in [0.4, 0.5) is 5.69 Å². The number of rotatable bonds is 3. The van der Waals surface area contributed by atoms with Gasteiger partial charge in [-0.1, -0.05) is 5.16 Å². The monoisotopic (exact) mass is 288 g/mol. The number of likely N-dealkylation sites (N-methyl/N-ethyl adjacent to an activating group) is 2. The van der Waals surface area contributed by atoms with Crippen molar-refractivity contribution in [1.29, 1.82) is 0 Å². The highest BCUT2D eigenvalue weighted by molar-refractivity contribution is 5.68. The Morgan fingerprint density at radius 1 is 1.38 bits per heavy atom. The van der Waals surface area contributed by atoms with Gasteiger partial charge in [-0.15, -0.1) is 0 Å². The molecule has 21 heavy (non-hydrogen) atoms. The van der Waals surface area contributed by atoms with Crippen molar-refractivity contribution in [1.82, 2.24) is 24.9 Å². The molecule has 0 saturated carbocycles. The summed E-state index contributed by atoms with van der Waals surface area (Å²) >= 11 is 0. The predicted octanol–water partition coefficient (Wildman–Crippen LogP) is 0.502. The molecular formula is C14H20N6O. The molecule has 0 radical (unpaired) electrons. The third-order valence-corrected chi connectivity index (χ3v) is 3.95. The van der Waals surface area contributed by atoms with Gasteiger partial charge in [-0.3, -0.25) is 4.98 Å². The molecule has 7 nitrogen and oxygen atoms in total. The third-order valence-electron chi connectivity index (χ3n) is 3.95. The summed E-state index contributed by atoms with van der Waals surface area (Å²) in [5, 5.41) is 4.08. The molecule has 0 aromatic carbocycles. The average molecular weight is 288 g/mol. The van der Waals surface area contributed by atoms with E-state index in [0.717, 1.165) is 31.6 Å². The molecule has 0 bridgehead atoms. The van der Waals surface area contributed by atoms with E-state index < -0.39 is 0 Å². The summed E-state index contributed by atoms with van der Waals surface area (Å²) < 4.78 is 5.33. The summed E-state index contributed by atoms with van der Waals surface area (Å²) in [7, 11) is 4.28. The molecule has 1 fully saturated rings. The lowest BCUT2D eigenvalue weighted by Crippen LogP contribution is -2.50. The smallest absolute Gasteiger partial charge is 0.260 e. The fourth-order valence-corrected chi connectivity index (χ4v) is 2.58. The van der Waals surface area contributed by atoms with E-state index in [1.54, 1.807) is 18.5 Å². The number of nitrogens with zero attached hydrogens (tertiary/aromatic N) is 5. The van der Waals surface area contributed by atoms with Crippen LogP contribution in [0.25, 0.3) is 11.5 Å². The number of nitrogen functional groups attached to an aromatic ring is 1. The Morgan fingerprint density at radius 2 is 2.24 bits per heavy atom. The maximum absolute atomic E-state index is 5.88. The van der Waals surface area contributed by atoms with E-state index >= 15 is 0 Å². The second-order valence-corrected chi connectivity index (χ2v) is 5.58. The van der Waals surface area contributed by atoms with Crippen LogP contribution in [0.3, 0.4) is 0 Å². The minimum absolute atomic E-state index is 0.406. The van der Waals surface area contributed by atoms with Crippen molar-refractivity contribution < 1.29 is 4.52 Å². The number of nitrogens with two attached hydrogens (primary N) is 1. The fraction of sp³-hybridized carbons (Fsp3) is 0.500. The second kappa shape index (κ2) is 5.79. The Morgan fingerprint density at radius 3 is 3.05 bits per heavy atom. The van der Waals surface area contributed by atoms with Crippen molar-refractivity contribution in [3.05, 3.63) is 24.3 Å². The van der Waals surface area contributed by atoms with Crippen LogP contribution in [0.15, 0.2) is 23.0 Å². The molecule has 2 aromatic heterocycles. The molecule has 3 rings (SSSR count). The fourth-order valence-electron chi connectivity index (χ4n) is 2.58. The zero-order valence-electron chi connectivity index (χ0n) is 12.4. The molecule has 1 aliphatic rings. The summed E-state index contributed by atoms with van der Waals surface area (Å²) in [6, 6.07) is 2.19. The third kappa shape index (κ3) is 3.03. The number of hydrogen-bond acceptors (Lipinski definition) is 7. The molecule has 7 heteroatoms. The molecule has 0 aliphatic carbocycles. The molecule has 1 atom stereocenters. The Bertz CT molecular complexity index is 613. The quantitative estimate of drug-likeness (QED) is 0.880. The SMILES string of the molecule is CN1CCN(C)C(Cc2noc(-c3ccncc3N)n2)C1. The molecule has 1 saturated heterocycles. The van der Waals surface area contributed by atoms with Gasteiger partial charge in [0, 0.05) is 38.3 Å². The van der Waals surface area contributed by atoms with Crippen LogP contribution >= 0.6 is 0 Å². The zero-order chi connectivity index (χ0) is 14.8. The summed E-state index contributed by atoms with van der Waals surface area (Å²) in [4.78, 5) is 13.1. The number of pyridine rings is 1. The van der Waals surface area contributed by atoms with E-state index in [-0.39, 0.29) is 0 Å². The lowest BCUT2D eigenvalue weighted by molar-refractivity contribution is 0.113. The standard InChI is InChI=1S/C14H20N6O/c1-19-5-6-20(2)10(9-19)7-13-17-14(21-18-13)11-3-4-16-8-12(11)15/h3-4,8,10H,5-7,9,15H2,1-2H3. The normalized spacial score (nSPS) is 20.8. The van der Waals surface area contributed by atoms with Gasteiger partial charge in [0.15, 0.2) is 5.82 Å².